The van der Waals surface area contributed by atoms with Crippen molar-refractivity contribution in [2.45, 2.75) is 31.2 Å². The fourth-order valence-electron chi connectivity index (χ4n) is 3.63. The molecule has 0 saturated carbocycles. The van der Waals surface area contributed by atoms with Crippen molar-refractivity contribution in [1.82, 2.24) is 4.90 Å². The summed E-state index contributed by atoms with van der Waals surface area (Å²) < 4.78 is 10.8. The Balaban J connectivity index is 2.14. The van der Waals surface area contributed by atoms with Gasteiger partial charge in [0.25, 0.3) is 0 Å². The standard InChI is InChI=1S/C17H21NO3/c1-4-12-13-10-16(21-3)15(20-2)8-11(13)9-17(19)18-7-5-6-14(12)18/h4,8,10,12,14H,1,5-7,9H2,2-3H3/t12-,14+/m1/s1. The highest BCUT2D eigenvalue weighted by Crippen LogP contribution is 2.41. The van der Waals surface area contributed by atoms with E-state index in [0.717, 1.165) is 30.5 Å². The van der Waals surface area contributed by atoms with Crippen LogP contribution in [0.1, 0.15) is 29.9 Å². The third-order valence-corrected chi connectivity index (χ3v) is 4.63. The molecule has 2 aliphatic heterocycles. The van der Waals surface area contributed by atoms with Gasteiger partial charge in [0, 0.05) is 18.5 Å². The van der Waals surface area contributed by atoms with E-state index in [-0.39, 0.29) is 17.9 Å². The van der Waals surface area contributed by atoms with Gasteiger partial charge in [-0.2, -0.15) is 0 Å². The van der Waals surface area contributed by atoms with E-state index in [0.29, 0.717) is 17.9 Å². The molecular formula is C17H21NO3. The number of carbonyl (C=O) groups excluding carboxylic acids is 1. The highest BCUT2D eigenvalue weighted by molar-refractivity contribution is 5.81. The average Bonchev–Trinajstić information content (AvgIpc) is 2.94. The second-order valence-electron chi connectivity index (χ2n) is 5.64. The number of ether oxygens (including phenoxy) is 2. The third-order valence-electron chi connectivity index (χ3n) is 4.63. The summed E-state index contributed by atoms with van der Waals surface area (Å²) in [6.45, 7) is 4.86. The lowest BCUT2D eigenvalue weighted by atomic mass is 9.87. The number of hydrogen-bond donors (Lipinski definition) is 0. The maximum Gasteiger partial charge on any atom is 0.227 e. The summed E-state index contributed by atoms with van der Waals surface area (Å²) in [6, 6.07) is 4.18. The van der Waals surface area contributed by atoms with Gasteiger partial charge in [0.05, 0.1) is 20.6 Å². The Morgan fingerprint density at radius 1 is 1.29 bits per heavy atom. The molecule has 4 heteroatoms. The maximum absolute atomic E-state index is 12.5. The molecule has 1 fully saturated rings. The third kappa shape index (κ3) is 2.19. The van der Waals surface area contributed by atoms with Crippen LogP contribution in [0.5, 0.6) is 11.5 Å². The Kier molecular flexibility index (Phi) is 3.62. The highest BCUT2D eigenvalue weighted by atomic mass is 16.5. The fraction of sp³-hybridized carbons (Fsp3) is 0.471. The Labute approximate surface area is 125 Å². The van der Waals surface area contributed by atoms with Gasteiger partial charge < -0.3 is 14.4 Å². The largest absolute Gasteiger partial charge is 0.493 e. The van der Waals surface area contributed by atoms with Gasteiger partial charge in [-0.3, -0.25) is 4.79 Å². The van der Waals surface area contributed by atoms with Crippen molar-refractivity contribution in [3.8, 4) is 11.5 Å². The summed E-state index contributed by atoms with van der Waals surface area (Å²) in [7, 11) is 3.25. The minimum Gasteiger partial charge on any atom is -0.493 e. The first kappa shape index (κ1) is 14.0. The van der Waals surface area contributed by atoms with Crippen LogP contribution in [-0.4, -0.2) is 37.6 Å². The summed E-state index contributed by atoms with van der Waals surface area (Å²) in [5, 5.41) is 0. The number of amides is 1. The molecule has 2 atom stereocenters. The molecule has 2 heterocycles. The highest BCUT2D eigenvalue weighted by Gasteiger charge is 2.38. The number of hydrogen-bond acceptors (Lipinski definition) is 3. The van der Waals surface area contributed by atoms with Gasteiger partial charge in [0.2, 0.25) is 5.91 Å². The predicted octanol–water partition coefficient (Wildman–Crippen LogP) is 2.52. The molecule has 1 aromatic rings. The van der Waals surface area contributed by atoms with Crippen LogP contribution in [0.3, 0.4) is 0 Å². The van der Waals surface area contributed by atoms with E-state index >= 15 is 0 Å². The lowest BCUT2D eigenvalue weighted by Crippen LogP contribution is -2.37. The van der Waals surface area contributed by atoms with Gasteiger partial charge in [0.15, 0.2) is 11.5 Å². The van der Waals surface area contributed by atoms with E-state index in [1.807, 2.05) is 23.1 Å². The SMILES string of the molecule is C=C[C@@H]1c2cc(OC)c(OC)cc2CC(=O)N2CCC[C@@H]12. The molecule has 0 bridgehead atoms. The molecule has 4 nitrogen and oxygen atoms in total. The maximum atomic E-state index is 12.5. The molecule has 0 spiro atoms. The van der Waals surface area contributed by atoms with Crippen LogP contribution >= 0.6 is 0 Å². The molecule has 0 aliphatic carbocycles. The van der Waals surface area contributed by atoms with E-state index in [4.69, 9.17) is 9.47 Å². The number of rotatable bonds is 3. The Bertz CT molecular complexity index is 582. The zero-order valence-electron chi connectivity index (χ0n) is 12.6. The molecular weight excluding hydrogens is 266 g/mol. The van der Waals surface area contributed by atoms with Gasteiger partial charge in [-0.25, -0.2) is 0 Å². The summed E-state index contributed by atoms with van der Waals surface area (Å²) >= 11 is 0. The summed E-state index contributed by atoms with van der Waals surface area (Å²) in [6.07, 6.45) is 4.50. The van der Waals surface area contributed by atoms with Gasteiger partial charge in [0.1, 0.15) is 0 Å². The predicted molar refractivity (Wildman–Crippen MR) is 80.9 cm³/mol. The van der Waals surface area contributed by atoms with Crippen LogP contribution in [0.15, 0.2) is 24.8 Å². The summed E-state index contributed by atoms with van der Waals surface area (Å²) in [5.41, 5.74) is 2.17. The fourth-order valence-corrected chi connectivity index (χ4v) is 3.63. The first-order valence-electron chi connectivity index (χ1n) is 7.36. The molecule has 1 saturated heterocycles. The average molecular weight is 287 g/mol. The Morgan fingerprint density at radius 2 is 2.00 bits per heavy atom. The van der Waals surface area contributed by atoms with E-state index in [2.05, 4.69) is 6.58 Å². The van der Waals surface area contributed by atoms with Crippen molar-refractivity contribution < 1.29 is 14.3 Å². The van der Waals surface area contributed by atoms with Gasteiger partial charge in [-0.15, -0.1) is 6.58 Å². The van der Waals surface area contributed by atoms with Crippen LogP contribution < -0.4 is 9.47 Å². The molecule has 3 rings (SSSR count). The van der Waals surface area contributed by atoms with Crippen LogP contribution in [-0.2, 0) is 11.2 Å². The number of benzene rings is 1. The zero-order chi connectivity index (χ0) is 15.0. The van der Waals surface area contributed by atoms with E-state index in [1.54, 1.807) is 14.2 Å². The van der Waals surface area contributed by atoms with Crippen molar-refractivity contribution >= 4 is 5.91 Å². The Hall–Kier alpha value is -1.97. The van der Waals surface area contributed by atoms with Crippen molar-refractivity contribution in [1.29, 1.82) is 0 Å². The van der Waals surface area contributed by atoms with E-state index in [1.165, 1.54) is 0 Å². The zero-order valence-corrected chi connectivity index (χ0v) is 12.6. The molecule has 21 heavy (non-hydrogen) atoms. The lowest BCUT2D eigenvalue weighted by Gasteiger charge is -2.27. The quantitative estimate of drug-likeness (QED) is 0.802. The van der Waals surface area contributed by atoms with Crippen LogP contribution in [0.2, 0.25) is 0 Å². The monoisotopic (exact) mass is 287 g/mol. The normalized spacial score (nSPS) is 24.1. The molecule has 0 unspecified atom stereocenters. The minimum atomic E-state index is 0.161. The smallest absolute Gasteiger partial charge is 0.227 e. The first-order chi connectivity index (χ1) is 10.2. The second-order valence-corrected chi connectivity index (χ2v) is 5.64. The second kappa shape index (κ2) is 5.43. The molecule has 0 N–H and O–H groups in total. The lowest BCUT2D eigenvalue weighted by molar-refractivity contribution is -0.131. The van der Waals surface area contributed by atoms with Crippen molar-refractivity contribution in [3.05, 3.63) is 35.9 Å². The molecule has 1 aromatic carbocycles. The van der Waals surface area contributed by atoms with Crippen molar-refractivity contribution in [3.63, 3.8) is 0 Å². The topological polar surface area (TPSA) is 38.8 Å². The Morgan fingerprint density at radius 3 is 2.67 bits per heavy atom. The molecule has 0 radical (unpaired) electrons. The van der Waals surface area contributed by atoms with E-state index < -0.39 is 0 Å². The summed E-state index contributed by atoms with van der Waals surface area (Å²) in [4.78, 5) is 14.5. The van der Waals surface area contributed by atoms with E-state index in [9.17, 15) is 4.79 Å². The van der Waals surface area contributed by atoms with Crippen LogP contribution in [0.25, 0.3) is 0 Å². The number of methoxy groups -OCH3 is 2. The number of carbonyl (C=O) groups is 1. The van der Waals surface area contributed by atoms with Gasteiger partial charge in [-0.05, 0) is 36.1 Å². The van der Waals surface area contributed by atoms with Crippen LogP contribution in [0, 0.1) is 0 Å². The van der Waals surface area contributed by atoms with Crippen molar-refractivity contribution in [2.24, 2.45) is 0 Å². The van der Waals surface area contributed by atoms with Crippen LogP contribution in [0.4, 0.5) is 0 Å². The van der Waals surface area contributed by atoms with Gasteiger partial charge in [-0.1, -0.05) is 6.08 Å². The summed E-state index contributed by atoms with van der Waals surface area (Å²) in [5.74, 6) is 1.75. The molecule has 2 aliphatic rings. The van der Waals surface area contributed by atoms with Crippen molar-refractivity contribution in [2.75, 3.05) is 20.8 Å². The number of fused-ring (bicyclic) bond motifs is 2. The molecule has 0 aromatic heterocycles. The first-order valence-corrected chi connectivity index (χ1v) is 7.36. The van der Waals surface area contributed by atoms with Gasteiger partial charge >= 0.3 is 0 Å². The number of nitrogens with zero attached hydrogens (tertiary/aromatic N) is 1. The molecule has 112 valence electrons. The minimum absolute atomic E-state index is 0.161. The molecule has 1 amide bonds.